The van der Waals surface area contributed by atoms with Crippen LogP contribution < -0.4 is 26.6 Å². The van der Waals surface area contributed by atoms with Gasteiger partial charge in [-0.15, -0.1) is 0 Å². The number of anilines is 2. The molecule has 0 aliphatic rings. The minimum absolute atomic E-state index is 0.0684. The second kappa shape index (κ2) is 10.6. The van der Waals surface area contributed by atoms with Crippen molar-refractivity contribution in [2.24, 2.45) is 0 Å². The fraction of sp³-hybridized carbons (Fsp3) is 0.148. The molecule has 0 fully saturated rings. The largest absolute Gasteiger partial charge is 0.481 e. The van der Waals surface area contributed by atoms with E-state index in [9.17, 15) is 14.4 Å². The fourth-order valence-electron chi connectivity index (χ4n) is 3.77. The molecule has 0 saturated heterocycles. The maximum atomic E-state index is 13.6. The Morgan fingerprint density at radius 1 is 0.914 bits per heavy atom. The van der Waals surface area contributed by atoms with Crippen molar-refractivity contribution in [2.75, 3.05) is 10.6 Å². The standard InChI is InChI=1S/C27H26N4O4/c1-19(35-22-15-9-4-10-16-22)26(33)30(17-20-11-5-2-6-12-20)23-24(28)31(27(34)29-25(23)32)18-21-13-7-3-8-14-21/h2-16,19H,17-18,28H2,1H3,(H,29,32,34). The van der Waals surface area contributed by atoms with Gasteiger partial charge in [-0.25, -0.2) is 4.79 Å². The molecule has 0 radical (unpaired) electrons. The van der Waals surface area contributed by atoms with Gasteiger partial charge in [0.2, 0.25) is 0 Å². The molecule has 1 unspecified atom stereocenters. The van der Waals surface area contributed by atoms with Gasteiger partial charge in [-0.05, 0) is 30.2 Å². The number of hydrogen-bond acceptors (Lipinski definition) is 5. The van der Waals surface area contributed by atoms with Crippen LogP contribution in [0.5, 0.6) is 5.75 Å². The average Bonchev–Trinajstić information content (AvgIpc) is 2.87. The van der Waals surface area contributed by atoms with E-state index >= 15 is 0 Å². The third-order valence-corrected chi connectivity index (χ3v) is 5.52. The highest BCUT2D eigenvalue weighted by Crippen LogP contribution is 2.22. The molecule has 3 aromatic carbocycles. The lowest BCUT2D eigenvalue weighted by atomic mass is 10.2. The first kappa shape index (κ1) is 23.6. The van der Waals surface area contributed by atoms with Gasteiger partial charge in [0.05, 0.1) is 13.1 Å². The lowest BCUT2D eigenvalue weighted by Crippen LogP contribution is -2.45. The van der Waals surface area contributed by atoms with Gasteiger partial charge in [0.15, 0.2) is 11.8 Å². The van der Waals surface area contributed by atoms with Crippen molar-refractivity contribution in [3.8, 4) is 5.75 Å². The Balaban J connectivity index is 1.76. The van der Waals surface area contributed by atoms with Crippen LogP contribution in [0.2, 0.25) is 0 Å². The average molecular weight is 471 g/mol. The number of nitrogens with one attached hydrogen (secondary N) is 1. The number of carbonyl (C=O) groups excluding carboxylic acids is 1. The van der Waals surface area contributed by atoms with Crippen molar-refractivity contribution in [1.82, 2.24) is 9.55 Å². The zero-order valence-electron chi connectivity index (χ0n) is 19.3. The Bertz CT molecular complexity index is 1400. The summed E-state index contributed by atoms with van der Waals surface area (Å²) in [6.07, 6.45) is -0.922. The van der Waals surface area contributed by atoms with E-state index in [1.54, 1.807) is 31.2 Å². The van der Waals surface area contributed by atoms with Crippen molar-refractivity contribution >= 4 is 17.4 Å². The summed E-state index contributed by atoms with van der Waals surface area (Å²) in [5.74, 6) is -0.0532. The molecule has 0 spiro atoms. The quantitative estimate of drug-likeness (QED) is 0.411. The maximum Gasteiger partial charge on any atom is 0.330 e. The molecule has 4 rings (SSSR count). The molecule has 1 aromatic heterocycles. The Morgan fingerprint density at radius 3 is 2.06 bits per heavy atom. The van der Waals surface area contributed by atoms with Gasteiger partial charge < -0.3 is 10.5 Å². The van der Waals surface area contributed by atoms with Crippen LogP contribution in [0, 0.1) is 0 Å². The minimum atomic E-state index is -0.922. The summed E-state index contributed by atoms with van der Waals surface area (Å²) in [4.78, 5) is 42.8. The van der Waals surface area contributed by atoms with Gasteiger partial charge >= 0.3 is 5.69 Å². The molecule has 1 amide bonds. The SMILES string of the molecule is CC(Oc1ccccc1)C(=O)N(Cc1ccccc1)c1c(N)n(Cc2ccccc2)c(=O)[nH]c1=O. The van der Waals surface area contributed by atoms with Crippen LogP contribution >= 0.6 is 0 Å². The number of nitrogens with two attached hydrogens (primary N) is 1. The molecule has 8 nitrogen and oxygen atoms in total. The summed E-state index contributed by atoms with van der Waals surface area (Å²) in [7, 11) is 0. The van der Waals surface area contributed by atoms with Crippen molar-refractivity contribution < 1.29 is 9.53 Å². The number of hydrogen-bond donors (Lipinski definition) is 2. The number of ether oxygens (including phenoxy) is 1. The first-order valence-electron chi connectivity index (χ1n) is 11.2. The Labute approximate surface area is 202 Å². The number of carbonyl (C=O) groups is 1. The molecule has 0 aliphatic carbocycles. The number of H-pyrrole nitrogens is 1. The van der Waals surface area contributed by atoms with Crippen LogP contribution in [0.25, 0.3) is 0 Å². The van der Waals surface area contributed by atoms with Crippen molar-refractivity contribution in [1.29, 1.82) is 0 Å². The van der Waals surface area contributed by atoms with E-state index in [1.165, 1.54) is 9.47 Å². The first-order chi connectivity index (χ1) is 16.9. The smallest absolute Gasteiger partial charge is 0.330 e. The number of rotatable bonds is 8. The van der Waals surface area contributed by atoms with E-state index in [4.69, 9.17) is 10.5 Å². The van der Waals surface area contributed by atoms with Crippen LogP contribution in [0.3, 0.4) is 0 Å². The van der Waals surface area contributed by atoms with Crippen LogP contribution in [0.1, 0.15) is 18.1 Å². The number of nitrogen functional groups attached to an aromatic ring is 1. The molecular weight excluding hydrogens is 444 g/mol. The van der Waals surface area contributed by atoms with E-state index in [1.807, 2.05) is 66.7 Å². The molecule has 0 bridgehead atoms. The molecule has 35 heavy (non-hydrogen) atoms. The molecule has 8 heteroatoms. The summed E-state index contributed by atoms with van der Waals surface area (Å²) in [5.41, 5.74) is 6.50. The maximum absolute atomic E-state index is 13.6. The van der Waals surface area contributed by atoms with Gasteiger partial charge in [0, 0.05) is 0 Å². The molecule has 0 aliphatic heterocycles. The summed E-state index contributed by atoms with van der Waals surface area (Å²) in [6.45, 7) is 1.81. The number of aromatic amines is 1. The van der Waals surface area contributed by atoms with E-state index < -0.39 is 23.3 Å². The summed E-state index contributed by atoms with van der Waals surface area (Å²) in [6, 6.07) is 27.4. The Hall–Kier alpha value is -4.59. The van der Waals surface area contributed by atoms with Gasteiger partial charge in [0.25, 0.3) is 11.5 Å². The molecule has 1 atom stereocenters. The van der Waals surface area contributed by atoms with Crippen LogP contribution in [0.15, 0.2) is 101 Å². The third kappa shape index (κ3) is 5.50. The van der Waals surface area contributed by atoms with Crippen molar-refractivity contribution in [2.45, 2.75) is 26.1 Å². The van der Waals surface area contributed by atoms with E-state index in [0.717, 1.165) is 11.1 Å². The number of benzene rings is 3. The lowest BCUT2D eigenvalue weighted by molar-refractivity contribution is -0.124. The Morgan fingerprint density at radius 2 is 1.46 bits per heavy atom. The topological polar surface area (TPSA) is 110 Å². The van der Waals surface area contributed by atoms with E-state index in [2.05, 4.69) is 4.98 Å². The first-order valence-corrected chi connectivity index (χ1v) is 11.2. The molecular formula is C27H26N4O4. The summed E-state index contributed by atoms with van der Waals surface area (Å²) >= 11 is 0. The molecule has 1 heterocycles. The van der Waals surface area contributed by atoms with E-state index in [0.29, 0.717) is 5.75 Å². The fourth-order valence-corrected chi connectivity index (χ4v) is 3.77. The molecule has 178 valence electrons. The van der Waals surface area contributed by atoms with E-state index in [-0.39, 0.29) is 24.6 Å². The van der Waals surface area contributed by atoms with Crippen molar-refractivity contribution in [3.05, 3.63) is 123 Å². The van der Waals surface area contributed by atoms with Gasteiger partial charge in [-0.2, -0.15) is 0 Å². The molecule has 3 N–H and O–H groups in total. The monoisotopic (exact) mass is 470 g/mol. The molecule has 0 saturated carbocycles. The number of para-hydroxylation sites is 1. The van der Waals surface area contributed by atoms with Crippen LogP contribution in [-0.2, 0) is 17.9 Å². The van der Waals surface area contributed by atoms with Crippen molar-refractivity contribution in [3.63, 3.8) is 0 Å². The molecule has 4 aromatic rings. The Kier molecular flexibility index (Phi) is 7.11. The minimum Gasteiger partial charge on any atom is -0.481 e. The van der Waals surface area contributed by atoms with Gasteiger partial charge in [-0.1, -0.05) is 78.9 Å². The predicted molar refractivity (Wildman–Crippen MR) is 135 cm³/mol. The van der Waals surface area contributed by atoms with Crippen LogP contribution in [0.4, 0.5) is 11.5 Å². The lowest BCUT2D eigenvalue weighted by Gasteiger charge is -2.27. The normalized spacial score (nSPS) is 11.6. The van der Waals surface area contributed by atoms with Gasteiger partial charge in [0.1, 0.15) is 11.6 Å². The predicted octanol–water partition coefficient (Wildman–Crippen LogP) is 3.17. The number of amides is 1. The summed E-state index contributed by atoms with van der Waals surface area (Å²) in [5, 5.41) is 0. The second-order valence-electron chi connectivity index (χ2n) is 8.05. The zero-order chi connectivity index (χ0) is 24.8. The second-order valence-corrected chi connectivity index (χ2v) is 8.05. The highest BCUT2D eigenvalue weighted by Gasteiger charge is 2.29. The van der Waals surface area contributed by atoms with Crippen LogP contribution in [-0.4, -0.2) is 21.6 Å². The summed E-state index contributed by atoms with van der Waals surface area (Å²) < 4.78 is 7.08. The highest BCUT2D eigenvalue weighted by molar-refractivity contribution is 5.98. The zero-order valence-corrected chi connectivity index (χ0v) is 19.3. The number of nitrogens with zero attached hydrogens (tertiary/aromatic N) is 2. The number of aromatic nitrogens is 2. The van der Waals surface area contributed by atoms with Gasteiger partial charge in [-0.3, -0.25) is 24.0 Å². The third-order valence-electron chi connectivity index (χ3n) is 5.52. The highest BCUT2D eigenvalue weighted by atomic mass is 16.5.